The van der Waals surface area contributed by atoms with Crippen LogP contribution in [0.5, 0.6) is 0 Å². The van der Waals surface area contributed by atoms with Crippen molar-refractivity contribution in [3.05, 3.63) is 23.4 Å². The van der Waals surface area contributed by atoms with Gasteiger partial charge in [-0.1, -0.05) is 0 Å². The number of hydrogen-bond acceptors (Lipinski definition) is 4. The maximum Gasteiger partial charge on any atom is 0.128 e. The topological polar surface area (TPSA) is 62.4 Å². The van der Waals surface area contributed by atoms with Gasteiger partial charge in [0.1, 0.15) is 5.82 Å². The number of nitrogens with zero attached hydrogens (tertiary/aromatic N) is 2. The lowest BCUT2D eigenvalue weighted by molar-refractivity contribution is 0.187. The average Bonchev–Trinajstić information content (AvgIpc) is 2.24. The zero-order valence-electron chi connectivity index (χ0n) is 10.3. The summed E-state index contributed by atoms with van der Waals surface area (Å²) in [6.45, 7) is 5.08. The fourth-order valence-corrected chi connectivity index (χ4v) is 1.53. The van der Waals surface area contributed by atoms with Crippen LogP contribution in [0, 0.1) is 6.92 Å². The Bertz CT molecular complexity index is 339. The Morgan fingerprint density at radius 2 is 2.19 bits per heavy atom. The van der Waals surface area contributed by atoms with Crippen molar-refractivity contribution in [1.29, 1.82) is 0 Å². The van der Waals surface area contributed by atoms with Gasteiger partial charge in [-0.3, -0.25) is 0 Å². The first-order valence-corrected chi connectivity index (χ1v) is 5.59. The summed E-state index contributed by atoms with van der Waals surface area (Å²) in [6.07, 6.45) is 0.464. The zero-order chi connectivity index (χ0) is 12.1. The van der Waals surface area contributed by atoms with Gasteiger partial charge in [0.15, 0.2) is 0 Å². The normalized spacial score (nSPS) is 12.6. The van der Waals surface area contributed by atoms with Crippen molar-refractivity contribution in [2.75, 3.05) is 18.5 Å². The third-order valence-corrected chi connectivity index (χ3v) is 2.51. The standard InChI is InChI=1S/C12H21N3O/c1-9-6-11(8-13)7-12(14-9)15(3)5-4-10(2)16/h6-7,10,16H,4-5,8,13H2,1-3H3. The molecule has 1 rings (SSSR count). The fourth-order valence-electron chi connectivity index (χ4n) is 1.53. The Morgan fingerprint density at radius 1 is 1.50 bits per heavy atom. The molecule has 0 aliphatic carbocycles. The van der Waals surface area contributed by atoms with E-state index in [1.165, 1.54) is 0 Å². The molecule has 0 saturated heterocycles. The predicted molar refractivity (Wildman–Crippen MR) is 66.4 cm³/mol. The zero-order valence-corrected chi connectivity index (χ0v) is 10.3. The second-order valence-electron chi connectivity index (χ2n) is 4.24. The van der Waals surface area contributed by atoms with Crippen molar-refractivity contribution in [3.63, 3.8) is 0 Å². The number of nitrogens with two attached hydrogens (primary N) is 1. The van der Waals surface area contributed by atoms with Gasteiger partial charge in [0.2, 0.25) is 0 Å². The molecular weight excluding hydrogens is 202 g/mol. The minimum absolute atomic E-state index is 0.277. The van der Waals surface area contributed by atoms with Crippen LogP contribution in [0.1, 0.15) is 24.6 Å². The Morgan fingerprint density at radius 3 is 2.75 bits per heavy atom. The van der Waals surface area contributed by atoms with Crippen LogP contribution in [0.15, 0.2) is 12.1 Å². The van der Waals surface area contributed by atoms with E-state index in [0.717, 1.165) is 30.0 Å². The minimum Gasteiger partial charge on any atom is -0.393 e. The van der Waals surface area contributed by atoms with Crippen LogP contribution in [0.4, 0.5) is 5.82 Å². The van der Waals surface area contributed by atoms with E-state index in [2.05, 4.69) is 4.98 Å². The average molecular weight is 223 g/mol. The molecule has 0 spiro atoms. The van der Waals surface area contributed by atoms with Crippen LogP contribution in [-0.4, -0.2) is 29.8 Å². The van der Waals surface area contributed by atoms with Crippen molar-refractivity contribution in [2.45, 2.75) is 32.9 Å². The third-order valence-electron chi connectivity index (χ3n) is 2.51. The van der Waals surface area contributed by atoms with Crippen molar-refractivity contribution >= 4 is 5.82 Å². The summed E-state index contributed by atoms with van der Waals surface area (Å²) in [4.78, 5) is 6.49. The number of aliphatic hydroxyl groups is 1. The molecular formula is C12H21N3O. The number of pyridine rings is 1. The largest absolute Gasteiger partial charge is 0.393 e. The van der Waals surface area contributed by atoms with Gasteiger partial charge in [0, 0.05) is 25.8 Å². The Hall–Kier alpha value is -1.13. The van der Waals surface area contributed by atoms with E-state index >= 15 is 0 Å². The molecule has 0 fully saturated rings. The highest BCUT2D eigenvalue weighted by atomic mass is 16.3. The summed E-state index contributed by atoms with van der Waals surface area (Å²) in [5.41, 5.74) is 7.69. The number of aryl methyl sites for hydroxylation is 1. The summed E-state index contributed by atoms with van der Waals surface area (Å²) < 4.78 is 0. The summed E-state index contributed by atoms with van der Waals surface area (Å²) in [5, 5.41) is 9.24. The van der Waals surface area contributed by atoms with Crippen LogP contribution in [-0.2, 0) is 6.54 Å². The molecule has 0 bridgehead atoms. The van der Waals surface area contributed by atoms with Crippen LogP contribution in [0.25, 0.3) is 0 Å². The molecule has 0 radical (unpaired) electrons. The minimum atomic E-state index is -0.277. The van der Waals surface area contributed by atoms with Crippen LogP contribution < -0.4 is 10.6 Å². The monoisotopic (exact) mass is 223 g/mol. The maximum absolute atomic E-state index is 9.24. The molecule has 0 aromatic carbocycles. The molecule has 3 N–H and O–H groups in total. The Kier molecular flexibility index (Phi) is 4.71. The number of aliphatic hydroxyl groups excluding tert-OH is 1. The predicted octanol–water partition coefficient (Wildman–Crippen LogP) is 1.06. The highest BCUT2D eigenvalue weighted by Crippen LogP contribution is 2.14. The molecule has 1 atom stereocenters. The SMILES string of the molecule is Cc1cc(CN)cc(N(C)CCC(C)O)n1. The first-order valence-electron chi connectivity index (χ1n) is 5.59. The van der Waals surface area contributed by atoms with Gasteiger partial charge in [0.25, 0.3) is 0 Å². The van der Waals surface area contributed by atoms with Crippen molar-refractivity contribution in [2.24, 2.45) is 5.73 Å². The van der Waals surface area contributed by atoms with Gasteiger partial charge in [-0.2, -0.15) is 0 Å². The first-order chi connectivity index (χ1) is 7.52. The molecule has 1 aromatic rings. The Labute approximate surface area is 97.1 Å². The van der Waals surface area contributed by atoms with E-state index in [4.69, 9.17) is 5.73 Å². The molecule has 1 unspecified atom stereocenters. The van der Waals surface area contributed by atoms with Crippen molar-refractivity contribution < 1.29 is 5.11 Å². The molecule has 1 heterocycles. The molecule has 0 saturated carbocycles. The van der Waals surface area contributed by atoms with Gasteiger partial charge < -0.3 is 15.7 Å². The second kappa shape index (κ2) is 5.82. The van der Waals surface area contributed by atoms with Gasteiger partial charge in [0.05, 0.1) is 6.10 Å². The molecule has 4 heteroatoms. The lowest BCUT2D eigenvalue weighted by Gasteiger charge is -2.20. The lowest BCUT2D eigenvalue weighted by Crippen LogP contribution is -2.23. The van der Waals surface area contributed by atoms with E-state index in [0.29, 0.717) is 6.54 Å². The van der Waals surface area contributed by atoms with E-state index in [-0.39, 0.29) is 6.10 Å². The van der Waals surface area contributed by atoms with Gasteiger partial charge in [-0.25, -0.2) is 4.98 Å². The van der Waals surface area contributed by atoms with Crippen molar-refractivity contribution in [1.82, 2.24) is 4.98 Å². The van der Waals surface area contributed by atoms with Gasteiger partial charge in [-0.05, 0) is 38.0 Å². The lowest BCUT2D eigenvalue weighted by atomic mass is 10.2. The molecule has 90 valence electrons. The second-order valence-corrected chi connectivity index (χ2v) is 4.24. The smallest absolute Gasteiger partial charge is 0.128 e. The summed E-state index contributed by atoms with van der Waals surface area (Å²) >= 11 is 0. The fraction of sp³-hybridized carbons (Fsp3) is 0.583. The third kappa shape index (κ3) is 3.79. The van der Waals surface area contributed by atoms with E-state index in [1.807, 2.05) is 31.0 Å². The summed E-state index contributed by atoms with van der Waals surface area (Å²) in [7, 11) is 1.98. The molecule has 0 amide bonds. The highest BCUT2D eigenvalue weighted by Gasteiger charge is 2.06. The summed E-state index contributed by atoms with van der Waals surface area (Å²) in [5.74, 6) is 0.918. The Balaban J connectivity index is 2.74. The van der Waals surface area contributed by atoms with E-state index < -0.39 is 0 Å². The van der Waals surface area contributed by atoms with E-state index in [1.54, 1.807) is 6.92 Å². The van der Waals surface area contributed by atoms with Gasteiger partial charge >= 0.3 is 0 Å². The molecule has 0 aliphatic rings. The van der Waals surface area contributed by atoms with Crippen molar-refractivity contribution in [3.8, 4) is 0 Å². The molecule has 16 heavy (non-hydrogen) atoms. The maximum atomic E-state index is 9.24. The first kappa shape index (κ1) is 12.9. The van der Waals surface area contributed by atoms with Crippen LogP contribution in [0.3, 0.4) is 0 Å². The molecule has 0 aliphatic heterocycles. The van der Waals surface area contributed by atoms with E-state index in [9.17, 15) is 5.11 Å². The molecule has 4 nitrogen and oxygen atoms in total. The number of anilines is 1. The van der Waals surface area contributed by atoms with Gasteiger partial charge in [-0.15, -0.1) is 0 Å². The van der Waals surface area contributed by atoms with Crippen LogP contribution in [0.2, 0.25) is 0 Å². The quantitative estimate of drug-likeness (QED) is 0.783. The molecule has 1 aromatic heterocycles. The number of rotatable bonds is 5. The highest BCUT2D eigenvalue weighted by molar-refractivity contribution is 5.41. The number of aromatic nitrogens is 1. The van der Waals surface area contributed by atoms with Crippen LogP contribution >= 0.6 is 0 Å². The number of hydrogen-bond donors (Lipinski definition) is 2. The summed E-state index contributed by atoms with van der Waals surface area (Å²) in [6, 6.07) is 3.99.